The summed E-state index contributed by atoms with van der Waals surface area (Å²) in [4.78, 5) is 37.7. The molecule has 0 radical (unpaired) electrons. The van der Waals surface area contributed by atoms with E-state index in [0.717, 1.165) is 96.3 Å². The molecule has 1 atom stereocenters. The summed E-state index contributed by atoms with van der Waals surface area (Å²) in [7, 11) is 0. The Morgan fingerprint density at radius 1 is 0.350 bits per heavy atom. The zero-order chi connectivity index (χ0) is 43.7. The first kappa shape index (κ1) is 55.8. The molecule has 0 N–H and O–H groups in total. The summed E-state index contributed by atoms with van der Waals surface area (Å²) < 4.78 is 16.6. The SMILES string of the molecule is CC/C=C\C/C=C\C/C=C\C/C=C\C/C=C\CCCC(=O)OCC(COC(=O)CCCCCCCCCC)OC(=O)CCC/C=C\C/C=C\C/C=C\C/C=C\C/C=C\CC. The number of carbonyl (C=O) groups excluding carboxylic acids is 3. The Balaban J connectivity index is 4.55. The molecule has 0 heterocycles. The first-order chi connectivity index (χ1) is 29.5. The molecule has 0 aliphatic heterocycles. The van der Waals surface area contributed by atoms with E-state index >= 15 is 0 Å². The topological polar surface area (TPSA) is 78.9 Å². The Kier molecular flexibility index (Phi) is 44.2. The highest BCUT2D eigenvalue weighted by atomic mass is 16.6. The third-order valence-corrected chi connectivity index (χ3v) is 9.21. The molecule has 336 valence electrons. The van der Waals surface area contributed by atoms with Gasteiger partial charge in [-0.3, -0.25) is 14.4 Å². The maximum absolute atomic E-state index is 12.7. The molecule has 60 heavy (non-hydrogen) atoms. The van der Waals surface area contributed by atoms with Gasteiger partial charge in [0, 0.05) is 19.3 Å². The van der Waals surface area contributed by atoms with E-state index in [1.165, 1.54) is 32.1 Å². The lowest BCUT2D eigenvalue weighted by Gasteiger charge is -2.18. The molecule has 0 bridgehead atoms. The Morgan fingerprint density at radius 2 is 0.650 bits per heavy atom. The van der Waals surface area contributed by atoms with Crippen molar-refractivity contribution < 1.29 is 28.6 Å². The fraction of sp³-hybridized carbons (Fsp3) is 0.574. The van der Waals surface area contributed by atoms with Gasteiger partial charge in [0.25, 0.3) is 0 Å². The van der Waals surface area contributed by atoms with Crippen molar-refractivity contribution >= 4 is 17.9 Å². The first-order valence-electron chi connectivity index (χ1n) is 23.5. The van der Waals surface area contributed by atoms with Gasteiger partial charge in [-0.15, -0.1) is 0 Å². The molecule has 1 unspecified atom stereocenters. The molecule has 0 amide bonds. The zero-order valence-corrected chi connectivity index (χ0v) is 38.2. The predicted molar refractivity (Wildman–Crippen MR) is 256 cm³/mol. The van der Waals surface area contributed by atoms with Gasteiger partial charge in [-0.25, -0.2) is 0 Å². The van der Waals surface area contributed by atoms with Crippen LogP contribution in [0.1, 0.15) is 181 Å². The van der Waals surface area contributed by atoms with Crippen LogP contribution in [0.2, 0.25) is 0 Å². The van der Waals surface area contributed by atoms with Gasteiger partial charge >= 0.3 is 17.9 Å². The van der Waals surface area contributed by atoms with Crippen LogP contribution in [0.25, 0.3) is 0 Å². The van der Waals surface area contributed by atoms with Crippen molar-refractivity contribution in [1.29, 1.82) is 0 Å². The molecule has 0 aliphatic carbocycles. The second-order valence-electron chi connectivity index (χ2n) is 14.9. The van der Waals surface area contributed by atoms with Gasteiger partial charge in [-0.1, -0.05) is 187 Å². The minimum absolute atomic E-state index is 0.121. The molecule has 6 heteroatoms. The van der Waals surface area contributed by atoms with Gasteiger partial charge in [-0.2, -0.15) is 0 Å². The fourth-order valence-electron chi connectivity index (χ4n) is 5.75. The summed E-state index contributed by atoms with van der Waals surface area (Å²) in [5.41, 5.74) is 0. The highest BCUT2D eigenvalue weighted by molar-refractivity contribution is 5.71. The van der Waals surface area contributed by atoms with E-state index < -0.39 is 6.10 Å². The zero-order valence-electron chi connectivity index (χ0n) is 38.2. The van der Waals surface area contributed by atoms with Crippen LogP contribution in [0.4, 0.5) is 0 Å². The van der Waals surface area contributed by atoms with E-state index in [2.05, 4.69) is 142 Å². The Bertz CT molecular complexity index is 1320. The smallest absolute Gasteiger partial charge is 0.306 e. The number of unbranched alkanes of at least 4 members (excludes halogenated alkanes) is 9. The van der Waals surface area contributed by atoms with Gasteiger partial charge in [-0.05, 0) is 96.3 Å². The summed E-state index contributed by atoms with van der Waals surface area (Å²) >= 11 is 0. The van der Waals surface area contributed by atoms with E-state index in [9.17, 15) is 14.4 Å². The maximum atomic E-state index is 12.7. The van der Waals surface area contributed by atoms with Crippen molar-refractivity contribution in [1.82, 2.24) is 0 Å². The Morgan fingerprint density at radius 3 is 1.02 bits per heavy atom. The third kappa shape index (κ3) is 44.9. The first-order valence-corrected chi connectivity index (χ1v) is 23.5. The number of carbonyl (C=O) groups is 3. The molecular formula is C54H84O6. The molecule has 0 saturated heterocycles. The van der Waals surface area contributed by atoms with Gasteiger partial charge < -0.3 is 14.2 Å². The number of allylic oxidation sites excluding steroid dienone is 20. The largest absolute Gasteiger partial charge is 0.462 e. The fourth-order valence-corrected chi connectivity index (χ4v) is 5.75. The van der Waals surface area contributed by atoms with Gasteiger partial charge in [0.2, 0.25) is 0 Å². The summed E-state index contributed by atoms with van der Waals surface area (Å²) in [6.07, 6.45) is 64.8. The molecule has 0 aliphatic rings. The lowest BCUT2D eigenvalue weighted by molar-refractivity contribution is -0.167. The van der Waals surface area contributed by atoms with E-state index in [1.54, 1.807) is 0 Å². The van der Waals surface area contributed by atoms with Crippen LogP contribution in [0.15, 0.2) is 122 Å². The van der Waals surface area contributed by atoms with Crippen LogP contribution in [0.3, 0.4) is 0 Å². The van der Waals surface area contributed by atoms with Crippen LogP contribution in [0, 0.1) is 0 Å². The third-order valence-electron chi connectivity index (χ3n) is 9.21. The van der Waals surface area contributed by atoms with E-state index in [0.29, 0.717) is 19.3 Å². The van der Waals surface area contributed by atoms with Crippen LogP contribution in [-0.4, -0.2) is 37.2 Å². The second kappa shape index (κ2) is 47.5. The Labute approximate surface area is 367 Å². The van der Waals surface area contributed by atoms with Crippen molar-refractivity contribution in [3.05, 3.63) is 122 Å². The lowest BCUT2D eigenvalue weighted by atomic mass is 10.1. The molecule has 0 fully saturated rings. The average molecular weight is 829 g/mol. The summed E-state index contributed by atoms with van der Waals surface area (Å²) in [6.45, 7) is 6.25. The summed E-state index contributed by atoms with van der Waals surface area (Å²) in [6, 6.07) is 0. The van der Waals surface area contributed by atoms with Crippen molar-refractivity contribution in [2.75, 3.05) is 13.2 Å². The highest BCUT2D eigenvalue weighted by Gasteiger charge is 2.19. The maximum Gasteiger partial charge on any atom is 0.306 e. The summed E-state index contributed by atoms with van der Waals surface area (Å²) in [5.74, 6) is -1.06. The Hall–Kier alpha value is -4.19. The molecule has 0 aromatic carbocycles. The van der Waals surface area contributed by atoms with Gasteiger partial charge in [0.1, 0.15) is 13.2 Å². The van der Waals surface area contributed by atoms with E-state index in [4.69, 9.17) is 14.2 Å². The lowest BCUT2D eigenvalue weighted by Crippen LogP contribution is -2.30. The van der Waals surface area contributed by atoms with Gasteiger partial charge in [0.15, 0.2) is 6.10 Å². The number of rotatable bonds is 40. The monoisotopic (exact) mass is 829 g/mol. The average Bonchev–Trinajstić information content (AvgIpc) is 3.24. The van der Waals surface area contributed by atoms with Crippen molar-refractivity contribution in [2.45, 2.75) is 187 Å². The van der Waals surface area contributed by atoms with Crippen molar-refractivity contribution in [3.8, 4) is 0 Å². The molecule has 0 saturated carbocycles. The normalized spacial score (nSPS) is 13.2. The number of hydrogen-bond donors (Lipinski definition) is 0. The van der Waals surface area contributed by atoms with Crippen LogP contribution >= 0.6 is 0 Å². The quantitative estimate of drug-likeness (QED) is 0.0265. The minimum atomic E-state index is -0.830. The molecule has 0 aromatic rings. The standard InChI is InChI=1S/C54H84O6/c1-4-7-10-13-16-19-21-23-25-27-29-31-33-35-38-41-44-47-53(56)59-50-51(49-58-52(55)46-43-40-37-18-15-12-9-6-3)60-54(57)48-45-42-39-36-34-32-30-28-26-24-22-20-17-14-11-8-5-2/h7-8,10-11,16-17,19-20,23-26,29-32,35-36,38-39,51H,4-6,9,12-15,18,21-22,27-28,33-34,37,40-50H2,1-3H3/b10-7-,11-8-,19-16-,20-17-,25-23-,26-24-,31-29-,32-30-,38-35-,39-36-. The molecular weight excluding hydrogens is 745 g/mol. The molecule has 0 spiro atoms. The van der Waals surface area contributed by atoms with Crippen LogP contribution in [0.5, 0.6) is 0 Å². The number of hydrogen-bond acceptors (Lipinski definition) is 6. The predicted octanol–water partition coefficient (Wildman–Crippen LogP) is 15.4. The van der Waals surface area contributed by atoms with Crippen LogP contribution < -0.4 is 0 Å². The molecule has 0 rings (SSSR count). The van der Waals surface area contributed by atoms with Crippen molar-refractivity contribution in [3.63, 3.8) is 0 Å². The van der Waals surface area contributed by atoms with Crippen molar-refractivity contribution in [2.24, 2.45) is 0 Å². The van der Waals surface area contributed by atoms with E-state index in [-0.39, 0.29) is 44.0 Å². The van der Waals surface area contributed by atoms with Gasteiger partial charge in [0.05, 0.1) is 0 Å². The molecule has 6 nitrogen and oxygen atoms in total. The highest BCUT2D eigenvalue weighted by Crippen LogP contribution is 2.11. The van der Waals surface area contributed by atoms with E-state index in [1.807, 2.05) is 0 Å². The minimum Gasteiger partial charge on any atom is -0.462 e. The molecule has 0 aromatic heterocycles. The summed E-state index contributed by atoms with van der Waals surface area (Å²) in [5, 5.41) is 0. The second-order valence-corrected chi connectivity index (χ2v) is 14.9. The number of esters is 3. The van der Waals surface area contributed by atoms with Crippen LogP contribution in [-0.2, 0) is 28.6 Å². The number of ether oxygens (including phenoxy) is 3.